The lowest BCUT2D eigenvalue weighted by molar-refractivity contribution is -0.116. The molecule has 0 saturated heterocycles. The van der Waals surface area contributed by atoms with Gasteiger partial charge >= 0.3 is 0 Å². The fourth-order valence-electron chi connectivity index (χ4n) is 0.801. The Hall–Kier alpha value is -1.03. The van der Waals surface area contributed by atoms with Gasteiger partial charge in [0, 0.05) is 12.6 Å². The van der Waals surface area contributed by atoms with Crippen molar-refractivity contribution >= 4 is 23.2 Å². The lowest BCUT2D eigenvalue weighted by Gasteiger charge is -1.99. The van der Waals surface area contributed by atoms with Gasteiger partial charge in [-0.2, -0.15) is 5.10 Å². The summed E-state index contributed by atoms with van der Waals surface area (Å²) in [5.41, 5.74) is 0.537. The van der Waals surface area contributed by atoms with Gasteiger partial charge in [-0.1, -0.05) is 18.5 Å². The molecule has 0 aliphatic rings. The Labute approximate surface area is 75.3 Å². The number of hydrogen-bond acceptors (Lipinski definition) is 2. The summed E-state index contributed by atoms with van der Waals surface area (Å²) < 4.78 is 0. The number of aromatic nitrogens is 2. The molecule has 0 aromatic carbocycles. The van der Waals surface area contributed by atoms with E-state index in [4.69, 9.17) is 11.6 Å². The fraction of sp³-hybridized carbons (Fsp3) is 0.429. The minimum absolute atomic E-state index is 0.0409. The number of carbonyl (C=O) groups excluding carboxylic acids is 1. The molecule has 0 unspecified atom stereocenters. The van der Waals surface area contributed by atoms with Crippen molar-refractivity contribution in [3.05, 3.63) is 11.3 Å². The van der Waals surface area contributed by atoms with Crippen LogP contribution in [0.4, 0.5) is 5.69 Å². The van der Waals surface area contributed by atoms with E-state index in [9.17, 15) is 4.79 Å². The van der Waals surface area contributed by atoms with Gasteiger partial charge in [-0.15, -0.1) is 0 Å². The maximum Gasteiger partial charge on any atom is 0.224 e. The third-order valence-corrected chi connectivity index (χ3v) is 1.63. The minimum Gasteiger partial charge on any atom is -0.322 e. The standard InChI is InChI=1S/C7H10ClN3O/c1-2-3-6(12)10-5-4-9-11-7(5)8/h4H,2-3H2,1H3,(H,9,11)(H,10,12). The number of rotatable bonds is 3. The van der Waals surface area contributed by atoms with E-state index >= 15 is 0 Å². The first-order valence-corrected chi connectivity index (χ1v) is 4.11. The monoisotopic (exact) mass is 187 g/mol. The van der Waals surface area contributed by atoms with E-state index in [0.29, 0.717) is 17.3 Å². The Bertz CT molecular complexity index is 271. The van der Waals surface area contributed by atoms with Gasteiger partial charge < -0.3 is 5.32 Å². The molecule has 0 fully saturated rings. The lowest BCUT2D eigenvalue weighted by Crippen LogP contribution is -2.10. The van der Waals surface area contributed by atoms with Crippen molar-refractivity contribution in [3.8, 4) is 0 Å². The van der Waals surface area contributed by atoms with Crippen LogP contribution in [0.1, 0.15) is 19.8 Å². The topological polar surface area (TPSA) is 57.8 Å². The Balaban J connectivity index is 2.52. The molecule has 0 bridgehead atoms. The summed E-state index contributed by atoms with van der Waals surface area (Å²) in [5.74, 6) is -0.0409. The Morgan fingerprint density at radius 1 is 1.83 bits per heavy atom. The highest BCUT2D eigenvalue weighted by atomic mass is 35.5. The van der Waals surface area contributed by atoms with Gasteiger partial charge in [-0.25, -0.2) is 0 Å². The molecule has 66 valence electrons. The molecule has 0 saturated carbocycles. The first-order chi connectivity index (χ1) is 5.74. The largest absolute Gasteiger partial charge is 0.322 e. The van der Waals surface area contributed by atoms with Crippen molar-refractivity contribution in [2.75, 3.05) is 5.32 Å². The number of nitrogens with zero attached hydrogens (tertiary/aromatic N) is 1. The van der Waals surface area contributed by atoms with Gasteiger partial charge in [0.05, 0.1) is 5.69 Å². The zero-order valence-electron chi connectivity index (χ0n) is 6.72. The molecule has 0 aliphatic heterocycles. The predicted octanol–water partition coefficient (Wildman–Crippen LogP) is 1.80. The average Bonchev–Trinajstić information content (AvgIpc) is 2.37. The van der Waals surface area contributed by atoms with Gasteiger partial charge in [0.15, 0.2) is 5.15 Å². The van der Waals surface area contributed by atoms with Crippen LogP contribution in [-0.2, 0) is 4.79 Å². The number of aromatic amines is 1. The molecule has 1 aromatic heterocycles. The second-order valence-corrected chi connectivity index (χ2v) is 2.75. The zero-order chi connectivity index (χ0) is 8.97. The molecule has 0 atom stereocenters. The summed E-state index contributed by atoms with van der Waals surface area (Å²) in [6, 6.07) is 0. The predicted molar refractivity (Wildman–Crippen MR) is 47.1 cm³/mol. The maximum absolute atomic E-state index is 11.1. The third-order valence-electron chi connectivity index (χ3n) is 1.34. The van der Waals surface area contributed by atoms with Crippen LogP contribution in [0.2, 0.25) is 5.15 Å². The van der Waals surface area contributed by atoms with Gasteiger partial charge in [-0.05, 0) is 6.42 Å². The van der Waals surface area contributed by atoms with Crippen molar-refractivity contribution in [1.29, 1.82) is 0 Å². The summed E-state index contributed by atoms with van der Waals surface area (Å²) in [6.07, 6.45) is 2.87. The summed E-state index contributed by atoms with van der Waals surface area (Å²) >= 11 is 5.63. The minimum atomic E-state index is -0.0409. The van der Waals surface area contributed by atoms with Crippen molar-refractivity contribution in [3.63, 3.8) is 0 Å². The smallest absolute Gasteiger partial charge is 0.224 e. The normalized spacial score (nSPS) is 9.83. The number of amides is 1. The Morgan fingerprint density at radius 2 is 2.58 bits per heavy atom. The summed E-state index contributed by atoms with van der Waals surface area (Å²) in [6.45, 7) is 1.94. The van der Waals surface area contributed by atoms with Crippen LogP contribution >= 0.6 is 11.6 Å². The quantitative estimate of drug-likeness (QED) is 0.758. The molecule has 0 radical (unpaired) electrons. The third kappa shape index (κ3) is 2.23. The first-order valence-electron chi connectivity index (χ1n) is 3.73. The highest BCUT2D eigenvalue weighted by Gasteiger charge is 2.05. The van der Waals surface area contributed by atoms with E-state index in [2.05, 4.69) is 15.5 Å². The molecule has 1 rings (SSSR count). The molecule has 4 nitrogen and oxygen atoms in total. The molecular weight excluding hydrogens is 178 g/mol. The molecular formula is C7H10ClN3O. The van der Waals surface area contributed by atoms with Crippen LogP contribution < -0.4 is 5.32 Å². The molecule has 5 heteroatoms. The van der Waals surface area contributed by atoms with E-state index in [1.54, 1.807) is 6.20 Å². The number of carbonyl (C=O) groups is 1. The Morgan fingerprint density at radius 3 is 3.08 bits per heavy atom. The number of hydrogen-bond donors (Lipinski definition) is 2. The van der Waals surface area contributed by atoms with Gasteiger partial charge in [0.2, 0.25) is 5.91 Å². The number of nitrogens with one attached hydrogen (secondary N) is 2. The number of halogens is 1. The number of anilines is 1. The summed E-state index contributed by atoms with van der Waals surface area (Å²) in [7, 11) is 0. The van der Waals surface area contributed by atoms with Crippen LogP contribution in [0.5, 0.6) is 0 Å². The van der Waals surface area contributed by atoms with Gasteiger partial charge in [-0.3, -0.25) is 9.89 Å². The lowest BCUT2D eigenvalue weighted by atomic mass is 10.3. The van der Waals surface area contributed by atoms with Crippen LogP contribution in [-0.4, -0.2) is 16.1 Å². The molecule has 1 amide bonds. The van der Waals surface area contributed by atoms with Crippen molar-refractivity contribution in [1.82, 2.24) is 10.2 Å². The molecule has 0 aliphatic carbocycles. The van der Waals surface area contributed by atoms with E-state index in [1.807, 2.05) is 6.92 Å². The van der Waals surface area contributed by atoms with E-state index < -0.39 is 0 Å². The highest BCUT2D eigenvalue weighted by molar-refractivity contribution is 6.32. The van der Waals surface area contributed by atoms with Crippen molar-refractivity contribution < 1.29 is 4.79 Å². The number of H-pyrrole nitrogens is 1. The van der Waals surface area contributed by atoms with E-state index in [-0.39, 0.29) is 5.91 Å². The van der Waals surface area contributed by atoms with Crippen molar-refractivity contribution in [2.45, 2.75) is 19.8 Å². The van der Waals surface area contributed by atoms with Crippen LogP contribution in [0.15, 0.2) is 6.20 Å². The second-order valence-electron chi connectivity index (χ2n) is 2.39. The molecule has 1 heterocycles. The summed E-state index contributed by atoms with van der Waals surface area (Å²) in [5, 5.41) is 9.12. The highest BCUT2D eigenvalue weighted by Crippen LogP contribution is 2.16. The molecule has 12 heavy (non-hydrogen) atoms. The van der Waals surface area contributed by atoms with Gasteiger partial charge in [0.1, 0.15) is 0 Å². The van der Waals surface area contributed by atoms with E-state index in [0.717, 1.165) is 6.42 Å². The SMILES string of the molecule is CCCC(=O)Nc1c[nH]nc1Cl. The molecule has 2 N–H and O–H groups in total. The fourth-order valence-corrected chi connectivity index (χ4v) is 0.951. The van der Waals surface area contributed by atoms with Crippen LogP contribution in [0.25, 0.3) is 0 Å². The van der Waals surface area contributed by atoms with Gasteiger partial charge in [0.25, 0.3) is 0 Å². The van der Waals surface area contributed by atoms with Crippen LogP contribution in [0.3, 0.4) is 0 Å². The van der Waals surface area contributed by atoms with Crippen LogP contribution in [0, 0.1) is 0 Å². The molecule has 0 spiro atoms. The maximum atomic E-state index is 11.1. The zero-order valence-corrected chi connectivity index (χ0v) is 7.48. The first kappa shape index (κ1) is 9.06. The molecule has 1 aromatic rings. The Kier molecular flexibility index (Phi) is 3.10. The summed E-state index contributed by atoms with van der Waals surface area (Å²) in [4.78, 5) is 11.1. The van der Waals surface area contributed by atoms with Crippen molar-refractivity contribution in [2.24, 2.45) is 0 Å². The average molecular weight is 188 g/mol. The second kappa shape index (κ2) is 4.11. The van der Waals surface area contributed by atoms with E-state index in [1.165, 1.54) is 0 Å².